The van der Waals surface area contributed by atoms with Gasteiger partial charge in [-0.3, -0.25) is 4.79 Å². The van der Waals surface area contributed by atoms with Crippen molar-refractivity contribution in [2.45, 2.75) is 38.6 Å². The molecule has 4 nitrogen and oxygen atoms in total. The number of nitrogen functional groups attached to an aromatic ring is 1. The van der Waals surface area contributed by atoms with Crippen LogP contribution in [-0.2, 0) is 0 Å². The van der Waals surface area contributed by atoms with Crippen LogP contribution >= 0.6 is 11.3 Å². The molecule has 0 saturated carbocycles. The van der Waals surface area contributed by atoms with Crippen molar-refractivity contribution in [1.82, 2.24) is 4.90 Å². The number of amides is 1. The number of hydrogen-bond acceptors (Lipinski definition) is 4. The van der Waals surface area contributed by atoms with Crippen molar-refractivity contribution in [2.24, 2.45) is 0 Å². The van der Waals surface area contributed by atoms with Crippen LogP contribution < -0.4 is 5.73 Å². The van der Waals surface area contributed by atoms with Gasteiger partial charge in [0, 0.05) is 17.1 Å². The molecule has 1 aromatic heterocycles. The van der Waals surface area contributed by atoms with Crippen molar-refractivity contribution in [3.63, 3.8) is 0 Å². The summed E-state index contributed by atoms with van der Waals surface area (Å²) in [6.07, 6.45) is 4.12. The third-order valence-electron chi connectivity index (χ3n) is 3.52. The molecule has 2 heterocycles. The van der Waals surface area contributed by atoms with Crippen molar-refractivity contribution in [2.75, 3.05) is 18.9 Å². The van der Waals surface area contributed by atoms with Crippen molar-refractivity contribution in [3.05, 3.63) is 15.8 Å². The van der Waals surface area contributed by atoms with E-state index in [-0.39, 0.29) is 18.6 Å². The summed E-state index contributed by atoms with van der Waals surface area (Å²) in [5.74, 6) is 0.0146. The molecule has 1 unspecified atom stereocenters. The van der Waals surface area contributed by atoms with Crippen LogP contribution in [-0.4, -0.2) is 35.1 Å². The normalized spacial score (nSPS) is 20.8. The van der Waals surface area contributed by atoms with Crippen molar-refractivity contribution >= 4 is 22.9 Å². The van der Waals surface area contributed by atoms with Gasteiger partial charge in [0.15, 0.2) is 0 Å². The minimum atomic E-state index is -0.0383. The second kappa shape index (κ2) is 5.71. The zero-order chi connectivity index (χ0) is 13.1. The van der Waals surface area contributed by atoms with E-state index in [4.69, 9.17) is 5.73 Å². The molecule has 0 radical (unpaired) electrons. The number of thiophene rings is 1. The number of aliphatic hydroxyl groups is 1. The van der Waals surface area contributed by atoms with E-state index < -0.39 is 0 Å². The molecule has 0 bridgehead atoms. The Balaban J connectivity index is 2.19. The zero-order valence-corrected chi connectivity index (χ0v) is 11.5. The van der Waals surface area contributed by atoms with E-state index in [1.54, 1.807) is 6.07 Å². The summed E-state index contributed by atoms with van der Waals surface area (Å²) in [6, 6.07) is 1.71. The quantitative estimate of drug-likeness (QED) is 0.862. The van der Waals surface area contributed by atoms with Gasteiger partial charge in [0.25, 0.3) is 5.91 Å². The number of aliphatic hydroxyl groups excluding tert-OH is 1. The molecule has 2 rings (SSSR count). The van der Waals surface area contributed by atoms with E-state index in [0.29, 0.717) is 10.6 Å². The molecule has 0 aliphatic carbocycles. The lowest BCUT2D eigenvalue weighted by molar-refractivity contribution is 0.0604. The van der Waals surface area contributed by atoms with E-state index in [1.165, 1.54) is 11.3 Å². The SMILES string of the molecule is Cc1sc(C(=O)N2CCCCCC2CO)cc1N. The number of likely N-dealkylation sites (tertiary alicyclic amines) is 1. The van der Waals surface area contributed by atoms with Gasteiger partial charge in [0.2, 0.25) is 0 Å². The first kappa shape index (κ1) is 13.4. The standard InChI is InChI=1S/C13H20N2O2S/c1-9-11(14)7-12(18-9)13(17)15-6-4-2-3-5-10(15)8-16/h7,10,16H,2-6,8,14H2,1H3. The fourth-order valence-electron chi connectivity index (χ4n) is 2.38. The van der Waals surface area contributed by atoms with Crippen molar-refractivity contribution in [1.29, 1.82) is 0 Å². The molecule has 1 aliphatic heterocycles. The van der Waals surface area contributed by atoms with Crippen LogP contribution in [0.25, 0.3) is 0 Å². The van der Waals surface area contributed by atoms with E-state index >= 15 is 0 Å². The van der Waals surface area contributed by atoms with Crippen molar-refractivity contribution < 1.29 is 9.90 Å². The van der Waals surface area contributed by atoms with Gasteiger partial charge in [-0.2, -0.15) is 0 Å². The number of hydrogen-bond donors (Lipinski definition) is 2. The fraction of sp³-hybridized carbons (Fsp3) is 0.615. The minimum absolute atomic E-state index is 0.0146. The molecule has 1 atom stereocenters. The van der Waals surface area contributed by atoms with Gasteiger partial charge in [-0.1, -0.05) is 12.8 Å². The highest BCUT2D eigenvalue weighted by Gasteiger charge is 2.26. The molecule has 0 aromatic carbocycles. The highest BCUT2D eigenvalue weighted by atomic mass is 32.1. The topological polar surface area (TPSA) is 66.6 Å². The predicted octanol–water partition coefficient (Wildman–Crippen LogP) is 2.02. The Morgan fingerprint density at radius 2 is 2.33 bits per heavy atom. The predicted molar refractivity (Wildman–Crippen MR) is 73.8 cm³/mol. The van der Waals surface area contributed by atoms with Crippen LogP contribution in [0.4, 0.5) is 5.69 Å². The summed E-state index contributed by atoms with van der Waals surface area (Å²) in [5, 5.41) is 9.43. The maximum atomic E-state index is 12.5. The monoisotopic (exact) mass is 268 g/mol. The first-order chi connectivity index (χ1) is 8.63. The lowest BCUT2D eigenvalue weighted by Gasteiger charge is -2.28. The van der Waals surface area contributed by atoms with E-state index in [9.17, 15) is 9.90 Å². The molecule has 1 amide bonds. The zero-order valence-electron chi connectivity index (χ0n) is 10.7. The van der Waals surface area contributed by atoms with Crippen LogP contribution in [0.2, 0.25) is 0 Å². The molecule has 3 N–H and O–H groups in total. The average Bonchev–Trinajstić information content (AvgIpc) is 2.58. The van der Waals surface area contributed by atoms with Crippen LogP contribution in [0, 0.1) is 6.92 Å². The lowest BCUT2D eigenvalue weighted by atomic mass is 10.1. The first-order valence-electron chi connectivity index (χ1n) is 6.41. The van der Waals surface area contributed by atoms with Gasteiger partial charge in [-0.05, 0) is 25.8 Å². The number of nitrogens with two attached hydrogens (primary N) is 1. The third-order valence-corrected chi connectivity index (χ3v) is 4.57. The van der Waals surface area contributed by atoms with Gasteiger partial charge in [0.1, 0.15) is 0 Å². The van der Waals surface area contributed by atoms with Gasteiger partial charge in [-0.15, -0.1) is 11.3 Å². The average molecular weight is 268 g/mol. The number of nitrogens with zero attached hydrogens (tertiary/aromatic N) is 1. The van der Waals surface area contributed by atoms with E-state index in [2.05, 4.69) is 0 Å². The van der Waals surface area contributed by atoms with Crippen LogP contribution in [0.15, 0.2) is 6.07 Å². The second-order valence-electron chi connectivity index (χ2n) is 4.81. The smallest absolute Gasteiger partial charge is 0.264 e. The summed E-state index contributed by atoms with van der Waals surface area (Å²) in [4.78, 5) is 15.9. The number of anilines is 1. The Bertz CT molecular complexity index is 411. The number of carbonyl (C=O) groups excluding carboxylic acids is 1. The molecule has 0 spiro atoms. The van der Waals surface area contributed by atoms with Crippen LogP contribution in [0.1, 0.15) is 40.2 Å². The van der Waals surface area contributed by atoms with Gasteiger partial charge >= 0.3 is 0 Å². The number of carbonyl (C=O) groups is 1. The molecular formula is C13H20N2O2S. The Morgan fingerprint density at radius 3 is 2.94 bits per heavy atom. The summed E-state index contributed by atoms with van der Waals surface area (Å²) in [5.41, 5.74) is 6.48. The highest BCUT2D eigenvalue weighted by Crippen LogP contribution is 2.27. The maximum Gasteiger partial charge on any atom is 0.264 e. The molecule has 18 heavy (non-hydrogen) atoms. The summed E-state index contributed by atoms with van der Waals surface area (Å²) in [6.45, 7) is 2.70. The Morgan fingerprint density at radius 1 is 1.56 bits per heavy atom. The van der Waals surface area contributed by atoms with Crippen LogP contribution in [0.3, 0.4) is 0 Å². The second-order valence-corrected chi connectivity index (χ2v) is 6.06. The van der Waals surface area contributed by atoms with E-state index in [0.717, 1.165) is 37.1 Å². The number of aryl methyl sites for hydroxylation is 1. The van der Waals surface area contributed by atoms with Crippen LogP contribution in [0.5, 0.6) is 0 Å². The molecule has 1 fully saturated rings. The molecule has 1 aromatic rings. The molecular weight excluding hydrogens is 248 g/mol. The van der Waals surface area contributed by atoms with Gasteiger partial charge < -0.3 is 15.7 Å². The summed E-state index contributed by atoms with van der Waals surface area (Å²) in [7, 11) is 0. The molecule has 5 heteroatoms. The summed E-state index contributed by atoms with van der Waals surface area (Å²) < 4.78 is 0. The lowest BCUT2D eigenvalue weighted by Crippen LogP contribution is -2.41. The van der Waals surface area contributed by atoms with E-state index in [1.807, 2.05) is 11.8 Å². The number of rotatable bonds is 2. The van der Waals surface area contributed by atoms with Gasteiger partial charge in [0.05, 0.1) is 17.5 Å². The van der Waals surface area contributed by atoms with Gasteiger partial charge in [-0.25, -0.2) is 0 Å². The van der Waals surface area contributed by atoms with Crippen molar-refractivity contribution in [3.8, 4) is 0 Å². The maximum absolute atomic E-state index is 12.5. The largest absolute Gasteiger partial charge is 0.398 e. The Labute approximate surface area is 111 Å². The Hall–Kier alpha value is -1.07. The molecule has 1 aliphatic rings. The molecule has 100 valence electrons. The fourth-order valence-corrected chi connectivity index (χ4v) is 3.27. The highest BCUT2D eigenvalue weighted by molar-refractivity contribution is 7.14. The Kier molecular flexibility index (Phi) is 4.24. The molecule has 1 saturated heterocycles. The summed E-state index contributed by atoms with van der Waals surface area (Å²) >= 11 is 1.44. The third kappa shape index (κ3) is 2.67. The first-order valence-corrected chi connectivity index (χ1v) is 7.23. The minimum Gasteiger partial charge on any atom is -0.398 e.